The van der Waals surface area contributed by atoms with Crippen molar-refractivity contribution in [3.63, 3.8) is 0 Å². The lowest BCUT2D eigenvalue weighted by molar-refractivity contribution is 0.107. The van der Waals surface area contributed by atoms with E-state index in [-0.39, 0.29) is 19.0 Å². The van der Waals surface area contributed by atoms with Gasteiger partial charge in [-0.3, -0.25) is 4.90 Å². The summed E-state index contributed by atoms with van der Waals surface area (Å²) >= 11 is 5.61. The van der Waals surface area contributed by atoms with Crippen molar-refractivity contribution in [2.45, 2.75) is 13.0 Å². The predicted molar refractivity (Wildman–Crippen MR) is 65.5 cm³/mol. The van der Waals surface area contributed by atoms with E-state index in [1.165, 1.54) is 13.0 Å². The van der Waals surface area contributed by atoms with Crippen LogP contribution in [-0.4, -0.2) is 35.4 Å². The highest BCUT2D eigenvalue weighted by Gasteiger charge is 2.35. The molecular weight excluding hydrogens is 265 g/mol. The minimum Gasteiger partial charge on any atom is -0.387 e. The van der Waals surface area contributed by atoms with E-state index in [0.29, 0.717) is 16.8 Å². The minimum atomic E-state index is 0. The van der Waals surface area contributed by atoms with Gasteiger partial charge in [-0.05, 0) is 13.0 Å². The molecule has 0 aliphatic carbocycles. The normalized spacial score (nSPS) is 28.4. The third kappa shape index (κ3) is 2.73. The van der Waals surface area contributed by atoms with Crippen molar-refractivity contribution in [3.8, 4) is 0 Å². The Morgan fingerprint density at radius 3 is 3.12 bits per heavy atom. The van der Waals surface area contributed by atoms with Crippen LogP contribution in [-0.2, 0) is 11.4 Å². The molecule has 2 fully saturated rings. The van der Waals surface area contributed by atoms with E-state index in [2.05, 4.69) is 15.2 Å². The van der Waals surface area contributed by atoms with Gasteiger partial charge < -0.3 is 9.36 Å². The summed E-state index contributed by atoms with van der Waals surface area (Å²) in [6.45, 7) is 3.56. The Bertz CT molecular complexity index is 421. The number of hydrogen-bond acceptors (Lipinski definition) is 5. The predicted octanol–water partition coefficient (Wildman–Crippen LogP) is 1.96. The van der Waals surface area contributed by atoms with Crippen molar-refractivity contribution >= 4 is 29.7 Å². The van der Waals surface area contributed by atoms with Crippen molar-refractivity contribution in [2.24, 2.45) is 11.1 Å². The lowest BCUT2D eigenvalue weighted by Gasteiger charge is -2.12. The third-order valence-corrected chi connectivity index (χ3v) is 3.23. The SMILES string of the molecule is Cl.Clc1cc(CO/N=C2\CN3CCC2C3)on1. The Kier molecular flexibility index (Phi) is 3.91. The van der Waals surface area contributed by atoms with Gasteiger partial charge in [0.25, 0.3) is 0 Å². The molecule has 3 rings (SSSR count). The lowest BCUT2D eigenvalue weighted by atomic mass is 10.0. The van der Waals surface area contributed by atoms with Gasteiger partial charge in [-0.15, -0.1) is 12.4 Å². The Balaban J connectivity index is 0.00000108. The van der Waals surface area contributed by atoms with Gasteiger partial charge in [-0.1, -0.05) is 21.9 Å². The topological polar surface area (TPSA) is 50.9 Å². The Labute approximate surface area is 110 Å². The van der Waals surface area contributed by atoms with Crippen LogP contribution in [0.4, 0.5) is 0 Å². The first-order valence-electron chi connectivity index (χ1n) is 5.33. The second-order valence-corrected chi connectivity index (χ2v) is 4.58. The summed E-state index contributed by atoms with van der Waals surface area (Å²) in [5, 5.41) is 8.06. The first-order valence-corrected chi connectivity index (χ1v) is 5.71. The Morgan fingerprint density at radius 2 is 2.53 bits per heavy atom. The van der Waals surface area contributed by atoms with Crippen molar-refractivity contribution in [1.82, 2.24) is 10.1 Å². The van der Waals surface area contributed by atoms with Gasteiger partial charge in [0.05, 0.1) is 5.71 Å². The second kappa shape index (κ2) is 5.25. The number of oxime groups is 1. The van der Waals surface area contributed by atoms with Crippen LogP contribution in [0.15, 0.2) is 15.7 Å². The molecule has 2 saturated heterocycles. The summed E-state index contributed by atoms with van der Waals surface area (Å²) in [6.07, 6.45) is 1.20. The molecule has 2 aliphatic heterocycles. The van der Waals surface area contributed by atoms with Crippen LogP contribution in [0, 0.1) is 5.92 Å². The molecule has 2 bridgehead atoms. The number of nitrogens with zero attached hydrogens (tertiary/aromatic N) is 3. The Hall–Kier alpha value is -0.780. The largest absolute Gasteiger partial charge is 0.387 e. The van der Waals surface area contributed by atoms with Gasteiger partial charge in [-0.2, -0.15) is 0 Å². The maximum Gasteiger partial charge on any atom is 0.178 e. The molecule has 0 amide bonds. The molecule has 2 atom stereocenters. The van der Waals surface area contributed by atoms with E-state index in [4.69, 9.17) is 21.0 Å². The van der Waals surface area contributed by atoms with Gasteiger partial charge in [-0.25, -0.2) is 0 Å². The standard InChI is InChI=1S/C10H12ClN3O2.ClH/c11-10-3-8(16-13-10)6-15-12-9-5-14-2-1-7(9)4-14;/h3,7H,1-2,4-6H2;1H/b12-9+;. The molecule has 1 aromatic rings. The molecule has 2 aliphatic rings. The van der Waals surface area contributed by atoms with Crippen molar-refractivity contribution in [3.05, 3.63) is 17.0 Å². The molecule has 3 heterocycles. The summed E-state index contributed by atoms with van der Waals surface area (Å²) in [6, 6.07) is 1.63. The summed E-state index contributed by atoms with van der Waals surface area (Å²) in [4.78, 5) is 7.63. The van der Waals surface area contributed by atoms with Crippen LogP contribution in [0.25, 0.3) is 0 Å². The second-order valence-electron chi connectivity index (χ2n) is 4.19. The van der Waals surface area contributed by atoms with E-state index in [9.17, 15) is 0 Å². The van der Waals surface area contributed by atoms with Gasteiger partial charge in [0.15, 0.2) is 17.5 Å². The van der Waals surface area contributed by atoms with Gasteiger partial charge in [0.1, 0.15) is 0 Å². The molecular formula is C10H13Cl2N3O2. The van der Waals surface area contributed by atoms with Gasteiger partial charge >= 0.3 is 0 Å². The summed E-state index contributed by atoms with van der Waals surface area (Å²) < 4.78 is 4.90. The highest BCUT2D eigenvalue weighted by atomic mass is 35.5. The van der Waals surface area contributed by atoms with E-state index in [0.717, 1.165) is 18.8 Å². The van der Waals surface area contributed by atoms with E-state index >= 15 is 0 Å². The molecule has 0 radical (unpaired) electrons. The molecule has 7 heteroatoms. The Morgan fingerprint density at radius 1 is 1.65 bits per heavy atom. The third-order valence-electron chi connectivity index (χ3n) is 3.05. The molecule has 0 saturated carbocycles. The number of aromatic nitrogens is 1. The van der Waals surface area contributed by atoms with Crippen LogP contribution in [0.5, 0.6) is 0 Å². The number of piperidine rings is 1. The zero-order chi connectivity index (χ0) is 11.0. The molecule has 94 valence electrons. The molecule has 17 heavy (non-hydrogen) atoms. The molecule has 1 aromatic heterocycles. The monoisotopic (exact) mass is 277 g/mol. The quantitative estimate of drug-likeness (QED) is 0.793. The molecule has 0 N–H and O–H groups in total. The van der Waals surface area contributed by atoms with Gasteiger partial charge in [0.2, 0.25) is 0 Å². The van der Waals surface area contributed by atoms with E-state index in [1.807, 2.05) is 0 Å². The zero-order valence-electron chi connectivity index (χ0n) is 9.13. The number of fused-ring (bicyclic) bond motifs is 2. The van der Waals surface area contributed by atoms with Crippen LogP contribution in [0.2, 0.25) is 5.15 Å². The highest BCUT2D eigenvalue weighted by Crippen LogP contribution is 2.25. The van der Waals surface area contributed by atoms with Crippen LogP contribution >= 0.6 is 24.0 Å². The highest BCUT2D eigenvalue weighted by molar-refractivity contribution is 6.29. The fraction of sp³-hybridized carbons (Fsp3) is 0.600. The fourth-order valence-electron chi connectivity index (χ4n) is 2.24. The maximum atomic E-state index is 5.61. The van der Waals surface area contributed by atoms with E-state index < -0.39 is 0 Å². The van der Waals surface area contributed by atoms with Crippen molar-refractivity contribution in [1.29, 1.82) is 0 Å². The summed E-state index contributed by atoms with van der Waals surface area (Å²) in [7, 11) is 0. The van der Waals surface area contributed by atoms with Crippen molar-refractivity contribution in [2.75, 3.05) is 19.6 Å². The maximum absolute atomic E-state index is 5.61. The lowest BCUT2D eigenvalue weighted by Crippen LogP contribution is -2.23. The number of hydrogen-bond donors (Lipinski definition) is 0. The van der Waals surface area contributed by atoms with Crippen LogP contribution in [0.3, 0.4) is 0 Å². The average Bonchev–Trinajstić information content (AvgIpc) is 2.94. The summed E-state index contributed by atoms with van der Waals surface area (Å²) in [5.41, 5.74) is 1.15. The van der Waals surface area contributed by atoms with E-state index in [1.54, 1.807) is 6.07 Å². The van der Waals surface area contributed by atoms with Gasteiger partial charge in [0, 0.05) is 25.1 Å². The zero-order valence-corrected chi connectivity index (χ0v) is 10.7. The first-order chi connectivity index (χ1) is 7.81. The fourth-order valence-corrected chi connectivity index (χ4v) is 2.40. The summed E-state index contributed by atoms with van der Waals surface area (Å²) in [5.74, 6) is 1.19. The molecule has 0 spiro atoms. The molecule has 5 nitrogen and oxygen atoms in total. The minimum absolute atomic E-state index is 0. The number of rotatable bonds is 3. The van der Waals surface area contributed by atoms with Crippen LogP contribution in [0.1, 0.15) is 12.2 Å². The molecule has 2 unspecified atom stereocenters. The van der Waals surface area contributed by atoms with Crippen LogP contribution < -0.4 is 0 Å². The first kappa shape index (κ1) is 12.7. The molecule has 0 aromatic carbocycles. The smallest absolute Gasteiger partial charge is 0.178 e. The van der Waals surface area contributed by atoms with Crippen molar-refractivity contribution < 1.29 is 9.36 Å². The average molecular weight is 278 g/mol. The number of halogens is 2.